The Labute approximate surface area is 114 Å². The summed E-state index contributed by atoms with van der Waals surface area (Å²) in [6.07, 6.45) is 1.51. The molecular weight excluding hydrogens is 240 g/mol. The van der Waals surface area contributed by atoms with Crippen LogP contribution >= 0.6 is 0 Å². The average molecular weight is 262 g/mol. The lowest BCUT2D eigenvalue weighted by Crippen LogP contribution is -2.30. The van der Waals surface area contributed by atoms with E-state index in [2.05, 4.69) is 41.8 Å². The molecule has 2 N–H and O–H groups in total. The standard InChI is InChI=1S/C12H16N2.C2H6.CO2/c1-9-6-12(7-13-9)8-14-11-5-3-2-4-10(11)12;1-2;2-1-3/h2-5,9,13-14H,6-8H2,1H3;1-2H3;. The maximum atomic E-state index is 8.12. The zero-order chi connectivity index (χ0) is 14.3. The third kappa shape index (κ3) is 3.22. The number of hydrogen-bond acceptors (Lipinski definition) is 4. The van der Waals surface area contributed by atoms with Gasteiger partial charge in [-0.25, -0.2) is 0 Å². The summed E-state index contributed by atoms with van der Waals surface area (Å²) >= 11 is 0. The molecule has 0 amide bonds. The van der Waals surface area contributed by atoms with Crippen LogP contribution in [0.15, 0.2) is 24.3 Å². The molecular formula is C15H22N2O2. The van der Waals surface area contributed by atoms with Crippen molar-refractivity contribution < 1.29 is 9.59 Å². The first kappa shape index (κ1) is 15.4. The van der Waals surface area contributed by atoms with Crippen LogP contribution in [0.25, 0.3) is 0 Å². The summed E-state index contributed by atoms with van der Waals surface area (Å²) in [7, 11) is 0. The van der Waals surface area contributed by atoms with Gasteiger partial charge in [0, 0.05) is 30.2 Å². The molecule has 0 aliphatic carbocycles. The Morgan fingerprint density at radius 2 is 1.84 bits per heavy atom. The van der Waals surface area contributed by atoms with Gasteiger partial charge in [-0.2, -0.15) is 9.59 Å². The molecule has 1 aromatic carbocycles. The van der Waals surface area contributed by atoms with Crippen molar-refractivity contribution in [2.24, 2.45) is 0 Å². The molecule has 1 saturated heterocycles. The first-order chi connectivity index (χ1) is 9.22. The summed E-state index contributed by atoms with van der Waals surface area (Å²) < 4.78 is 0. The van der Waals surface area contributed by atoms with E-state index in [1.54, 1.807) is 0 Å². The van der Waals surface area contributed by atoms with Gasteiger partial charge < -0.3 is 10.6 Å². The fourth-order valence-corrected chi connectivity index (χ4v) is 2.90. The number of hydrogen-bond donors (Lipinski definition) is 2. The summed E-state index contributed by atoms with van der Waals surface area (Å²) in [4.78, 5) is 16.2. The fraction of sp³-hybridized carbons (Fsp3) is 0.533. The highest BCUT2D eigenvalue weighted by Gasteiger charge is 2.43. The highest BCUT2D eigenvalue weighted by Crippen LogP contribution is 2.41. The minimum absolute atomic E-state index is 0.250. The second-order valence-corrected chi connectivity index (χ2v) is 4.75. The molecule has 4 nitrogen and oxygen atoms in total. The van der Waals surface area contributed by atoms with Gasteiger partial charge in [-0.1, -0.05) is 32.0 Å². The molecule has 0 radical (unpaired) electrons. The Hall–Kier alpha value is -1.64. The lowest BCUT2D eigenvalue weighted by molar-refractivity contribution is -0.191. The van der Waals surface area contributed by atoms with Gasteiger partial charge in [0.1, 0.15) is 0 Å². The highest BCUT2D eigenvalue weighted by atomic mass is 16.2. The number of fused-ring (bicyclic) bond motifs is 2. The Kier molecular flexibility index (Phi) is 5.74. The van der Waals surface area contributed by atoms with Crippen molar-refractivity contribution in [1.29, 1.82) is 0 Å². The third-order valence-corrected chi connectivity index (χ3v) is 3.60. The van der Waals surface area contributed by atoms with Crippen molar-refractivity contribution in [1.82, 2.24) is 5.32 Å². The van der Waals surface area contributed by atoms with Crippen molar-refractivity contribution in [3.05, 3.63) is 29.8 Å². The normalized spacial score (nSPS) is 26.2. The number of nitrogens with one attached hydrogen (secondary N) is 2. The van der Waals surface area contributed by atoms with E-state index in [0.717, 1.165) is 13.1 Å². The molecule has 4 heteroatoms. The predicted octanol–water partition coefficient (Wildman–Crippen LogP) is 2.17. The van der Waals surface area contributed by atoms with Crippen LogP contribution in [0.5, 0.6) is 0 Å². The molecule has 19 heavy (non-hydrogen) atoms. The molecule has 2 atom stereocenters. The van der Waals surface area contributed by atoms with Crippen LogP contribution in [-0.2, 0) is 15.0 Å². The van der Waals surface area contributed by atoms with E-state index in [1.807, 2.05) is 13.8 Å². The van der Waals surface area contributed by atoms with Crippen LogP contribution in [0.4, 0.5) is 5.69 Å². The number of anilines is 1. The summed E-state index contributed by atoms with van der Waals surface area (Å²) in [6, 6.07) is 9.37. The number of para-hydroxylation sites is 1. The van der Waals surface area contributed by atoms with Gasteiger partial charge >= 0.3 is 6.15 Å². The van der Waals surface area contributed by atoms with Gasteiger partial charge in [-0.05, 0) is 25.0 Å². The van der Waals surface area contributed by atoms with Gasteiger partial charge in [-0.15, -0.1) is 0 Å². The largest absolute Gasteiger partial charge is 0.384 e. The lowest BCUT2D eigenvalue weighted by atomic mass is 9.80. The number of benzene rings is 1. The van der Waals surface area contributed by atoms with Crippen molar-refractivity contribution in [2.75, 3.05) is 18.4 Å². The predicted molar refractivity (Wildman–Crippen MR) is 75.0 cm³/mol. The monoisotopic (exact) mass is 262 g/mol. The molecule has 0 aromatic heterocycles. The summed E-state index contributed by atoms with van der Waals surface area (Å²) in [5.74, 6) is 0. The second-order valence-electron chi connectivity index (χ2n) is 4.75. The SMILES string of the molecule is CC.CC1CC2(CNc3ccccc32)CN1.O=C=O. The van der Waals surface area contributed by atoms with Crippen LogP contribution in [0.3, 0.4) is 0 Å². The summed E-state index contributed by atoms with van der Waals surface area (Å²) in [5.41, 5.74) is 3.22. The Morgan fingerprint density at radius 1 is 1.21 bits per heavy atom. The van der Waals surface area contributed by atoms with Gasteiger partial charge in [0.05, 0.1) is 0 Å². The molecule has 3 rings (SSSR count). The van der Waals surface area contributed by atoms with Gasteiger partial charge in [0.15, 0.2) is 0 Å². The third-order valence-electron chi connectivity index (χ3n) is 3.60. The molecule has 2 heterocycles. The quantitative estimate of drug-likeness (QED) is 0.752. The maximum absolute atomic E-state index is 8.12. The highest BCUT2D eigenvalue weighted by molar-refractivity contribution is 5.61. The zero-order valence-corrected chi connectivity index (χ0v) is 11.8. The van der Waals surface area contributed by atoms with Crippen LogP contribution in [0.2, 0.25) is 0 Å². The smallest absolute Gasteiger partial charge is 0.373 e. The molecule has 0 saturated carbocycles. The van der Waals surface area contributed by atoms with E-state index in [4.69, 9.17) is 9.59 Å². The lowest BCUT2D eigenvalue weighted by Gasteiger charge is -2.21. The van der Waals surface area contributed by atoms with E-state index < -0.39 is 0 Å². The van der Waals surface area contributed by atoms with E-state index >= 15 is 0 Å². The van der Waals surface area contributed by atoms with E-state index in [9.17, 15) is 0 Å². The Morgan fingerprint density at radius 3 is 2.42 bits per heavy atom. The summed E-state index contributed by atoms with van der Waals surface area (Å²) in [6.45, 7) is 8.50. The minimum Gasteiger partial charge on any atom is -0.384 e. The van der Waals surface area contributed by atoms with Crippen molar-refractivity contribution in [2.45, 2.75) is 38.6 Å². The summed E-state index contributed by atoms with van der Waals surface area (Å²) in [5, 5.41) is 7.07. The number of rotatable bonds is 0. The molecule has 1 aromatic rings. The van der Waals surface area contributed by atoms with Crippen molar-refractivity contribution in [3.8, 4) is 0 Å². The molecule has 104 valence electrons. The zero-order valence-electron chi connectivity index (χ0n) is 11.8. The van der Waals surface area contributed by atoms with Gasteiger partial charge in [0.25, 0.3) is 0 Å². The molecule has 2 unspecified atom stereocenters. The second kappa shape index (κ2) is 7.07. The first-order valence-corrected chi connectivity index (χ1v) is 6.78. The molecule has 0 bridgehead atoms. The van der Waals surface area contributed by atoms with Crippen molar-refractivity contribution in [3.63, 3.8) is 0 Å². The van der Waals surface area contributed by atoms with Crippen molar-refractivity contribution >= 4 is 11.8 Å². The number of carbonyl (C=O) groups excluding carboxylic acids is 2. The Bertz CT molecular complexity index is 438. The molecule has 2 aliphatic rings. The molecule has 2 aliphatic heterocycles. The topological polar surface area (TPSA) is 58.2 Å². The average Bonchev–Trinajstić information content (AvgIpc) is 2.99. The van der Waals surface area contributed by atoms with Gasteiger partial charge in [-0.3, -0.25) is 0 Å². The minimum atomic E-state index is 0.250. The van der Waals surface area contributed by atoms with E-state index in [1.165, 1.54) is 17.7 Å². The van der Waals surface area contributed by atoms with E-state index in [-0.39, 0.29) is 6.15 Å². The molecule has 1 fully saturated rings. The Balaban J connectivity index is 0.000000321. The van der Waals surface area contributed by atoms with Crippen LogP contribution in [0.1, 0.15) is 32.8 Å². The fourth-order valence-electron chi connectivity index (χ4n) is 2.90. The van der Waals surface area contributed by atoms with Crippen LogP contribution < -0.4 is 10.6 Å². The molecule has 1 spiro atoms. The van der Waals surface area contributed by atoms with E-state index in [0.29, 0.717) is 11.5 Å². The first-order valence-electron chi connectivity index (χ1n) is 6.78. The van der Waals surface area contributed by atoms with Gasteiger partial charge in [0.2, 0.25) is 0 Å². The van der Waals surface area contributed by atoms with Crippen LogP contribution in [0, 0.1) is 0 Å². The maximum Gasteiger partial charge on any atom is 0.373 e. The van der Waals surface area contributed by atoms with Crippen LogP contribution in [-0.4, -0.2) is 25.3 Å².